The number of esters is 1. The van der Waals surface area contributed by atoms with Crippen molar-refractivity contribution in [1.29, 1.82) is 0 Å². The van der Waals surface area contributed by atoms with E-state index in [0.29, 0.717) is 11.5 Å². The van der Waals surface area contributed by atoms with Crippen molar-refractivity contribution in [2.24, 2.45) is 16.7 Å². The molecule has 2 saturated carbocycles. The summed E-state index contributed by atoms with van der Waals surface area (Å²) < 4.78 is 18.9. The zero-order valence-corrected chi connectivity index (χ0v) is 12.3. The maximum Gasteiger partial charge on any atom is 0.338 e. The van der Waals surface area contributed by atoms with Gasteiger partial charge in [-0.3, -0.25) is 0 Å². The fourth-order valence-corrected chi connectivity index (χ4v) is 4.12. The SMILES string of the molecule is CC1(C)C2CCC1(C)C(OC(=O)c1cccc(F)c1)C2. The molecule has 1 aromatic carbocycles. The van der Waals surface area contributed by atoms with Gasteiger partial charge >= 0.3 is 5.97 Å². The number of fused-ring (bicyclic) bond motifs is 2. The summed E-state index contributed by atoms with van der Waals surface area (Å²) in [6.07, 6.45) is 3.21. The van der Waals surface area contributed by atoms with E-state index < -0.39 is 11.8 Å². The van der Waals surface area contributed by atoms with Crippen molar-refractivity contribution in [3.05, 3.63) is 35.6 Å². The molecule has 3 unspecified atom stereocenters. The van der Waals surface area contributed by atoms with Crippen LogP contribution in [0.5, 0.6) is 0 Å². The molecule has 2 fully saturated rings. The Morgan fingerprint density at radius 1 is 1.35 bits per heavy atom. The third kappa shape index (κ3) is 1.79. The van der Waals surface area contributed by atoms with E-state index in [4.69, 9.17) is 4.74 Å². The molecule has 108 valence electrons. The van der Waals surface area contributed by atoms with Gasteiger partial charge < -0.3 is 4.74 Å². The molecule has 0 amide bonds. The molecule has 0 aromatic heterocycles. The Morgan fingerprint density at radius 2 is 2.10 bits per heavy atom. The maximum atomic E-state index is 13.2. The summed E-state index contributed by atoms with van der Waals surface area (Å²) in [7, 11) is 0. The van der Waals surface area contributed by atoms with Crippen LogP contribution >= 0.6 is 0 Å². The number of carbonyl (C=O) groups excluding carboxylic acids is 1. The predicted octanol–water partition coefficient (Wildman–Crippen LogP) is 4.20. The smallest absolute Gasteiger partial charge is 0.338 e. The van der Waals surface area contributed by atoms with Crippen molar-refractivity contribution in [1.82, 2.24) is 0 Å². The Balaban J connectivity index is 1.78. The third-order valence-electron chi connectivity index (χ3n) is 6.02. The van der Waals surface area contributed by atoms with E-state index in [1.807, 2.05) is 0 Å². The van der Waals surface area contributed by atoms with Crippen molar-refractivity contribution < 1.29 is 13.9 Å². The normalized spacial score (nSPS) is 34.2. The molecule has 1 aromatic rings. The van der Waals surface area contributed by atoms with E-state index >= 15 is 0 Å². The van der Waals surface area contributed by atoms with Crippen LogP contribution in [0.3, 0.4) is 0 Å². The molecule has 20 heavy (non-hydrogen) atoms. The lowest BCUT2D eigenvalue weighted by atomic mass is 9.70. The fourth-order valence-electron chi connectivity index (χ4n) is 4.12. The molecule has 0 N–H and O–H groups in total. The Labute approximate surface area is 119 Å². The van der Waals surface area contributed by atoms with Crippen molar-refractivity contribution in [2.75, 3.05) is 0 Å². The van der Waals surface area contributed by atoms with E-state index in [0.717, 1.165) is 12.8 Å². The molecule has 3 atom stereocenters. The van der Waals surface area contributed by atoms with Crippen LogP contribution in [0.25, 0.3) is 0 Å². The standard InChI is InChI=1S/C17H21FO2/c1-16(2)12-7-8-17(16,3)14(10-12)20-15(19)11-5-4-6-13(18)9-11/h4-6,9,12,14H,7-8,10H2,1-3H3. The molecule has 3 rings (SSSR count). The number of hydrogen-bond donors (Lipinski definition) is 0. The zero-order chi connectivity index (χ0) is 14.5. The van der Waals surface area contributed by atoms with Crippen LogP contribution in [-0.2, 0) is 4.74 Å². The summed E-state index contributed by atoms with van der Waals surface area (Å²) in [6.45, 7) is 6.78. The van der Waals surface area contributed by atoms with Gasteiger partial charge in [0.1, 0.15) is 11.9 Å². The Kier molecular flexibility index (Phi) is 2.93. The van der Waals surface area contributed by atoms with Crippen LogP contribution in [0, 0.1) is 22.6 Å². The van der Waals surface area contributed by atoms with Crippen LogP contribution in [0.4, 0.5) is 4.39 Å². The summed E-state index contributed by atoms with van der Waals surface area (Å²) in [5, 5.41) is 0. The van der Waals surface area contributed by atoms with E-state index in [9.17, 15) is 9.18 Å². The van der Waals surface area contributed by atoms with Gasteiger partial charge in [0, 0.05) is 5.41 Å². The van der Waals surface area contributed by atoms with Crippen LogP contribution in [0.2, 0.25) is 0 Å². The van der Waals surface area contributed by atoms with Gasteiger partial charge in [-0.1, -0.05) is 26.8 Å². The van der Waals surface area contributed by atoms with E-state index in [2.05, 4.69) is 20.8 Å². The fraction of sp³-hybridized carbons (Fsp3) is 0.588. The van der Waals surface area contributed by atoms with E-state index in [-0.39, 0.29) is 16.9 Å². The number of halogens is 1. The van der Waals surface area contributed by atoms with Crippen LogP contribution in [0.1, 0.15) is 50.4 Å². The number of hydrogen-bond acceptors (Lipinski definition) is 2. The van der Waals surface area contributed by atoms with Gasteiger partial charge in [-0.15, -0.1) is 0 Å². The second-order valence-electron chi connectivity index (χ2n) is 7.01. The van der Waals surface area contributed by atoms with Crippen molar-refractivity contribution in [2.45, 2.75) is 46.1 Å². The minimum atomic E-state index is -0.404. The number of rotatable bonds is 2. The van der Waals surface area contributed by atoms with Gasteiger partial charge in [0.2, 0.25) is 0 Å². The minimum Gasteiger partial charge on any atom is -0.458 e. The number of benzene rings is 1. The molecule has 0 spiro atoms. The van der Waals surface area contributed by atoms with Crippen molar-refractivity contribution in [3.63, 3.8) is 0 Å². The van der Waals surface area contributed by atoms with Gasteiger partial charge in [0.05, 0.1) is 5.56 Å². The van der Waals surface area contributed by atoms with Crippen molar-refractivity contribution in [3.8, 4) is 0 Å². The Bertz CT molecular complexity index is 552. The molecule has 0 aliphatic heterocycles. The first-order chi connectivity index (χ1) is 9.34. The second-order valence-corrected chi connectivity index (χ2v) is 7.01. The largest absolute Gasteiger partial charge is 0.458 e. The maximum absolute atomic E-state index is 13.2. The molecular weight excluding hydrogens is 255 g/mol. The van der Waals surface area contributed by atoms with Gasteiger partial charge in [-0.05, 0) is 48.8 Å². The molecular formula is C17H21FO2. The molecule has 2 bridgehead atoms. The van der Waals surface area contributed by atoms with Gasteiger partial charge in [-0.25, -0.2) is 9.18 Å². The van der Waals surface area contributed by atoms with Gasteiger partial charge in [0.25, 0.3) is 0 Å². The second kappa shape index (κ2) is 4.31. The highest BCUT2D eigenvalue weighted by Gasteiger charge is 2.62. The monoisotopic (exact) mass is 276 g/mol. The number of ether oxygens (including phenoxy) is 1. The highest BCUT2D eigenvalue weighted by atomic mass is 19.1. The van der Waals surface area contributed by atoms with Crippen LogP contribution in [0.15, 0.2) is 24.3 Å². The van der Waals surface area contributed by atoms with Crippen LogP contribution in [-0.4, -0.2) is 12.1 Å². The van der Waals surface area contributed by atoms with Crippen molar-refractivity contribution >= 4 is 5.97 Å². The molecule has 0 heterocycles. The van der Waals surface area contributed by atoms with E-state index in [1.165, 1.54) is 18.6 Å². The summed E-state index contributed by atoms with van der Waals surface area (Å²) in [5.41, 5.74) is 0.551. The van der Waals surface area contributed by atoms with Gasteiger partial charge in [-0.2, -0.15) is 0 Å². The Hall–Kier alpha value is -1.38. The highest BCUT2D eigenvalue weighted by molar-refractivity contribution is 5.89. The molecule has 0 radical (unpaired) electrons. The minimum absolute atomic E-state index is 0.0423. The topological polar surface area (TPSA) is 26.3 Å². The third-order valence-corrected chi connectivity index (χ3v) is 6.02. The molecule has 2 aliphatic rings. The molecule has 2 nitrogen and oxygen atoms in total. The summed E-state index contributed by atoms with van der Waals surface area (Å²) in [5.74, 6) is -0.184. The lowest BCUT2D eigenvalue weighted by molar-refractivity contribution is -0.0242. The average molecular weight is 276 g/mol. The lowest BCUT2D eigenvalue weighted by Gasteiger charge is -2.38. The predicted molar refractivity (Wildman–Crippen MR) is 74.8 cm³/mol. The first-order valence-electron chi connectivity index (χ1n) is 7.31. The first-order valence-corrected chi connectivity index (χ1v) is 7.31. The summed E-state index contributed by atoms with van der Waals surface area (Å²) >= 11 is 0. The Morgan fingerprint density at radius 3 is 2.65 bits per heavy atom. The summed E-state index contributed by atoms with van der Waals surface area (Å²) in [4.78, 5) is 12.2. The van der Waals surface area contributed by atoms with E-state index in [1.54, 1.807) is 12.1 Å². The van der Waals surface area contributed by atoms with Gasteiger partial charge in [0.15, 0.2) is 0 Å². The van der Waals surface area contributed by atoms with Crippen LogP contribution < -0.4 is 0 Å². The zero-order valence-electron chi connectivity index (χ0n) is 12.3. The summed E-state index contributed by atoms with van der Waals surface area (Å²) in [6, 6.07) is 5.71. The molecule has 2 aliphatic carbocycles. The first kappa shape index (κ1) is 13.6. The molecule has 0 saturated heterocycles. The highest BCUT2D eigenvalue weighted by Crippen LogP contribution is 2.66. The quantitative estimate of drug-likeness (QED) is 0.757. The number of carbonyl (C=O) groups is 1. The lowest BCUT2D eigenvalue weighted by Crippen LogP contribution is -2.38. The average Bonchev–Trinajstić information content (AvgIpc) is 2.72. The molecule has 3 heteroatoms.